The lowest BCUT2D eigenvalue weighted by molar-refractivity contribution is -0.128. The molecular weight excluding hydrogens is 360 g/mol. The van der Waals surface area contributed by atoms with Crippen LogP contribution in [0.25, 0.3) is 0 Å². The Morgan fingerprint density at radius 3 is 2.59 bits per heavy atom. The van der Waals surface area contributed by atoms with Gasteiger partial charge in [0, 0.05) is 19.0 Å². The summed E-state index contributed by atoms with van der Waals surface area (Å²) in [5.41, 5.74) is 1.61. The minimum Gasteiger partial charge on any atom is -0.341 e. The van der Waals surface area contributed by atoms with Gasteiger partial charge in [-0.05, 0) is 18.1 Å². The van der Waals surface area contributed by atoms with E-state index in [2.05, 4.69) is 11.4 Å². The van der Waals surface area contributed by atoms with Crippen LogP contribution >= 0.6 is 11.8 Å². The predicted octanol–water partition coefficient (Wildman–Crippen LogP) is 2.72. The normalized spacial score (nSPS) is 18.3. The average molecular weight is 382 g/mol. The fourth-order valence-electron chi connectivity index (χ4n) is 2.91. The average Bonchev–Trinajstić information content (AvgIpc) is 2.61. The minimum absolute atomic E-state index is 0.0937. The summed E-state index contributed by atoms with van der Waals surface area (Å²) >= 11 is 1.12. The summed E-state index contributed by atoms with van der Waals surface area (Å²) < 4.78 is 0. The van der Waals surface area contributed by atoms with Gasteiger partial charge in [-0.2, -0.15) is 10.5 Å². The standard InChI is InChI=1S/C20H22N4O2S/c1-13-7-5-6-8-14(13)11-24(4)17(25)12-27-19-16(10-22)20(2,3)15(9-21)18(26)23-19/h5-8,15H,11-12H2,1-4H3,(H,23,26)/t15-/m1/s1. The number of benzene rings is 1. The zero-order valence-corrected chi connectivity index (χ0v) is 16.7. The van der Waals surface area contributed by atoms with Crippen molar-refractivity contribution in [3.63, 3.8) is 0 Å². The maximum absolute atomic E-state index is 12.5. The number of carbonyl (C=O) groups excluding carboxylic acids is 2. The van der Waals surface area contributed by atoms with E-state index in [4.69, 9.17) is 0 Å². The molecule has 7 heteroatoms. The number of hydrogen-bond acceptors (Lipinski definition) is 5. The molecule has 0 saturated carbocycles. The molecule has 0 aliphatic carbocycles. The van der Waals surface area contributed by atoms with Gasteiger partial charge in [0.2, 0.25) is 11.8 Å². The fourth-order valence-corrected chi connectivity index (χ4v) is 4.02. The van der Waals surface area contributed by atoms with Crippen molar-refractivity contribution in [2.45, 2.75) is 27.3 Å². The number of hydrogen-bond donors (Lipinski definition) is 1. The quantitative estimate of drug-likeness (QED) is 0.844. The third-order valence-corrected chi connectivity index (χ3v) is 5.75. The van der Waals surface area contributed by atoms with Crippen LogP contribution in [0.1, 0.15) is 25.0 Å². The van der Waals surface area contributed by atoms with Crippen LogP contribution in [0.4, 0.5) is 0 Å². The summed E-state index contributed by atoms with van der Waals surface area (Å²) in [6, 6.07) is 11.9. The van der Waals surface area contributed by atoms with E-state index in [1.807, 2.05) is 37.3 Å². The lowest BCUT2D eigenvalue weighted by Gasteiger charge is -2.34. The van der Waals surface area contributed by atoms with Gasteiger partial charge in [-0.1, -0.05) is 49.9 Å². The van der Waals surface area contributed by atoms with Gasteiger partial charge in [0.1, 0.15) is 5.92 Å². The van der Waals surface area contributed by atoms with Gasteiger partial charge < -0.3 is 10.2 Å². The molecule has 6 nitrogen and oxygen atoms in total. The van der Waals surface area contributed by atoms with E-state index < -0.39 is 17.2 Å². The van der Waals surface area contributed by atoms with Crippen molar-refractivity contribution in [1.29, 1.82) is 10.5 Å². The third-order valence-electron chi connectivity index (χ3n) is 4.77. The number of allylic oxidation sites excluding steroid dienone is 1. The Kier molecular flexibility index (Phi) is 6.30. The molecule has 0 fully saturated rings. The maximum atomic E-state index is 12.5. The van der Waals surface area contributed by atoms with Crippen molar-refractivity contribution in [3.05, 3.63) is 46.0 Å². The second-order valence-corrected chi connectivity index (χ2v) is 8.04. The fraction of sp³-hybridized carbons (Fsp3) is 0.400. The molecule has 0 radical (unpaired) electrons. The molecule has 2 amide bonds. The summed E-state index contributed by atoms with van der Waals surface area (Å²) in [5.74, 6) is -1.39. The first-order chi connectivity index (χ1) is 12.7. The molecule has 2 rings (SSSR count). The highest BCUT2D eigenvalue weighted by Gasteiger charge is 2.44. The van der Waals surface area contributed by atoms with Gasteiger partial charge in [0.15, 0.2) is 0 Å². The molecule has 1 aromatic rings. The van der Waals surface area contributed by atoms with E-state index in [0.717, 1.165) is 22.9 Å². The Balaban J connectivity index is 2.10. The van der Waals surface area contributed by atoms with Crippen LogP contribution in [0.2, 0.25) is 0 Å². The first-order valence-corrected chi connectivity index (χ1v) is 9.47. The highest BCUT2D eigenvalue weighted by molar-refractivity contribution is 8.03. The first-order valence-electron chi connectivity index (χ1n) is 8.49. The monoisotopic (exact) mass is 382 g/mol. The van der Waals surface area contributed by atoms with Crippen LogP contribution in [0.15, 0.2) is 34.9 Å². The van der Waals surface area contributed by atoms with Gasteiger partial charge in [-0.3, -0.25) is 9.59 Å². The third kappa shape index (κ3) is 4.32. The summed E-state index contributed by atoms with van der Waals surface area (Å²) in [6.45, 7) is 5.89. The highest BCUT2D eigenvalue weighted by Crippen LogP contribution is 2.41. The van der Waals surface area contributed by atoms with Gasteiger partial charge in [0.05, 0.1) is 28.5 Å². The molecule has 0 aromatic heterocycles. The molecular formula is C20H22N4O2S. The number of nitrogens with one attached hydrogen (secondary N) is 1. The van der Waals surface area contributed by atoms with Crippen LogP contribution in [-0.4, -0.2) is 29.5 Å². The van der Waals surface area contributed by atoms with E-state index in [0.29, 0.717) is 17.1 Å². The predicted molar refractivity (Wildman–Crippen MR) is 104 cm³/mol. The van der Waals surface area contributed by atoms with Crippen LogP contribution in [0.5, 0.6) is 0 Å². The largest absolute Gasteiger partial charge is 0.341 e. The van der Waals surface area contributed by atoms with Crippen molar-refractivity contribution in [1.82, 2.24) is 10.2 Å². The van der Waals surface area contributed by atoms with Crippen molar-refractivity contribution >= 4 is 23.6 Å². The maximum Gasteiger partial charge on any atom is 0.243 e. The molecule has 27 heavy (non-hydrogen) atoms. The summed E-state index contributed by atoms with van der Waals surface area (Å²) in [4.78, 5) is 26.3. The lowest BCUT2D eigenvalue weighted by Crippen LogP contribution is -2.44. The Morgan fingerprint density at radius 1 is 1.33 bits per heavy atom. The van der Waals surface area contributed by atoms with Crippen molar-refractivity contribution in [2.24, 2.45) is 11.3 Å². The molecule has 140 valence electrons. The second kappa shape index (κ2) is 8.28. The van der Waals surface area contributed by atoms with E-state index >= 15 is 0 Å². The van der Waals surface area contributed by atoms with E-state index in [1.165, 1.54) is 0 Å². The SMILES string of the molecule is Cc1ccccc1CN(C)C(=O)CSC1=C(C#N)C(C)(C)[C@H](C#N)C(=O)N1. The zero-order valence-electron chi connectivity index (χ0n) is 15.9. The highest BCUT2D eigenvalue weighted by atomic mass is 32.2. The summed E-state index contributed by atoms with van der Waals surface area (Å²) in [5, 5.41) is 21.7. The number of aryl methyl sites for hydroxylation is 1. The van der Waals surface area contributed by atoms with Crippen molar-refractivity contribution in [3.8, 4) is 12.1 Å². The smallest absolute Gasteiger partial charge is 0.243 e. The minimum atomic E-state index is -0.934. The van der Waals surface area contributed by atoms with Gasteiger partial charge in [-0.15, -0.1) is 0 Å². The number of rotatable bonds is 5. The topological polar surface area (TPSA) is 97.0 Å². The molecule has 0 saturated heterocycles. The number of amides is 2. The number of thioether (sulfide) groups is 1. The molecule has 0 spiro atoms. The Morgan fingerprint density at radius 2 is 2.00 bits per heavy atom. The molecule has 1 heterocycles. The Hall–Kier alpha value is -2.77. The molecule has 1 aromatic carbocycles. The molecule has 0 bridgehead atoms. The van der Waals surface area contributed by atoms with Crippen LogP contribution in [0, 0.1) is 40.9 Å². The molecule has 1 N–H and O–H groups in total. The zero-order chi connectivity index (χ0) is 20.2. The van der Waals surface area contributed by atoms with Crippen molar-refractivity contribution in [2.75, 3.05) is 12.8 Å². The Labute approximate surface area is 163 Å². The number of nitriles is 2. The molecule has 1 atom stereocenters. The van der Waals surface area contributed by atoms with Crippen LogP contribution in [0.3, 0.4) is 0 Å². The molecule has 1 aliphatic heterocycles. The van der Waals surface area contributed by atoms with E-state index in [9.17, 15) is 20.1 Å². The van der Waals surface area contributed by atoms with Gasteiger partial charge >= 0.3 is 0 Å². The van der Waals surface area contributed by atoms with Gasteiger partial charge in [0.25, 0.3) is 0 Å². The summed E-state index contributed by atoms with van der Waals surface area (Å²) in [7, 11) is 1.73. The second-order valence-electron chi connectivity index (χ2n) is 7.05. The van der Waals surface area contributed by atoms with E-state index in [1.54, 1.807) is 25.8 Å². The van der Waals surface area contributed by atoms with E-state index in [-0.39, 0.29) is 11.7 Å². The molecule has 1 aliphatic rings. The van der Waals surface area contributed by atoms with Crippen molar-refractivity contribution < 1.29 is 9.59 Å². The number of carbonyl (C=O) groups is 2. The van der Waals surface area contributed by atoms with Crippen LogP contribution < -0.4 is 5.32 Å². The number of nitrogens with zero attached hydrogens (tertiary/aromatic N) is 3. The Bertz CT molecular complexity index is 877. The summed E-state index contributed by atoms with van der Waals surface area (Å²) in [6.07, 6.45) is 0. The lowest BCUT2D eigenvalue weighted by atomic mass is 9.72. The first kappa shape index (κ1) is 20.5. The molecule has 0 unspecified atom stereocenters. The van der Waals surface area contributed by atoms with Crippen LogP contribution in [-0.2, 0) is 16.1 Å². The van der Waals surface area contributed by atoms with Gasteiger partial charge in [-0.25, -0.2) is 0 Å².